The molecule has 1 aromatic rings. The lowest BCUT2D eigenvalue weighted by atomic mass is 9.98. The van der Waals surface area contributed by atoms with Gasteiger partial charge in [-0.25, -0.2) is 0 Å². The first kappa shape index (κ1) is 17.0. The molecule has 0 aliphatic rings. The molecule has 0 bridgehead atoms. The van der Waals surface area contributed by atoms with Gasteiger partial charge in [-0.2, -0.15) is 13.2 Å². The molecule has 0 aliphatic carbocycles. The van der Waals surface area contributed by atoms with Crippen molar-refractivity contribution in [3.8, 4) is 0 Å². The van der Waals surface area contributed by atoms with Crippen molar-refractivity contribution >= 4 is 21.8 Å². The Balaban J connectivity index is 2.93. The zero-order chi connectivity index (χ0) is 15.5. The molecule has 0 saturated heterocycles. The Morgan fingerprint density at radius 3 is 2.40 bits per heavy atom. The lowest BCUT2D eigenvalue weighted by molar-refractivity contribution is -0.138. The van der Waals surface area contributed by atoms with Crippen LogP contribution in [-0.2, 0) is 6.18 Å². The third kappa shape index (κ3) is 4.51. The average Bonchev–Trinajstić information content (AvgIpc) is 2.34. The number of halogens is 4. The Hall–Kier alpha value is -1.04. The predicted molar refractivity (Wildman–Crippen MR) is 75.5 cm³/mol. The SMILES string of the molecule is CC(C)C(C)CNC(=O)c1ccc(Br)cc1C(F)(F)F. The number of nitrogens with one attached hydrogen (secondary N) is 1. The highest BCUT2D eigenvalue weighted by atomic mass is 79.9. The molecule has 1 amide bonds. The van der Waals surface area contributed by atoms with Crippen LogP contribution in [0, 0.1) is 11.8 Å². The molecule has 0 saturated carbocycles. The monoisotopic (exact) mass is 351 g/mol. The summed E-state index contributed by atoms with van der Waals surface area (Å²) in [5.74, 6) is -0.150. The van der Waals surface area contributed by atoms with Crippen molar-refractivity contribution in [1.29, 1.82) is 0 Å². The number of hydrogen-bond donors (Lipinski definition) is 1. The first-order valence-corrected chi connectivity index (χ1v) is 7.07. The summed E-state index contributed by atoms with van der Waals surface area (Å²) in [6.07, 6.45) is -4.56. The van der Waals surface area contributed by atoms with Gasteiger partial charge in [0.05, 0.1) is 11.1 Å². The molecule has 0 aliphatic heterocycles. The molecule has 1 atom stereocenters. The summed E-state index contributed by atoms with van der Waals surface area (Å²) in [7, 11) is 0. The summed E-state index contributed by atoms with van der Waals surface area (Å²) in [5.41, 5.74) is -1.28. The van der Waals surface area contributed by atoms with Crippen molar-refractivity contribution in [1.82, 2.24) is 5.32 Å². The second-order valence-corrected chi connectivity index (χ2v) is 6.03. The Bertz CT molecular complexity index is 486. The molecule has 0 heterocycles. The maximum absolute atomic E-state index is 12.9. The van der Waals surface area contributed by atoms with Crippen LogP contribution in [0.5, 0.6) is 0 Å². The zero-order valence-corrected chi connectivity index (χ0v) is 13.1. The highest BCUT2D eigenvalue weighted by molar-refractivity contribution is 9.10. The van der Waals surface area contributed by atoms with E-state index in [1.807, 2.05) is 20.8 Å². The van der Waals surface area contributed by atoms with E-state index in [1.54, 1.807) is 0 Å². The fourth-order valence-electron chi connectivity index (χ4n) is 1.53. The first-order valence-electron chi connectivity index (χ1n) is 6.28. The van der Waals surface area contributed by atoms with E-state index in [4.69, 9.17) is 0 Å². The van der Waals surface area contributed by atoms with E-state index >= 15 is 0 Å². The summed E-state index contributed by atoms with van der Waals surface area (Å²) in [6.45, 7) is 6.29. The van der Waals surface area contributed by atoms with E-state index in [2.05, 4.69) is 21.2 Å². The van der Waals surface area contributed by atoms with Crippen molar-refractivity contribution in [3.63, 3.8) is 0 Å². The molecular weight excluding hydrogens is 335 g/mol. The zero-order valence-electron chi connectivity index (χ0n) is 11.5. The summed E-state index contributed by atoms with van der Waals surface area (Å²) in [5, 5.41) is 2.56. The van der Waals surface area contributed by atoms with Gasteiger partial charge < -0.3 is 5.32 Å². The molecular formula is C14H17BrF3NO. The van der Waals surface area contributed by atoms with Crippen LogP contribution in [0.15, 0.2) is 22.7 Å². The van der Waals surface area contributed by atoms with Crippen LogP contribution in [0.2, 0.25) is 0 Å². The lowest BCUT2D eigenvalue weighted by Gasteiger charge is -2.17. The van der Waals surface area contributed by atoms with Gasteiger partial charge in [0.1, 0.15) is 0 Å². The Kier molecular flexibility index (Phi) is 5.62. The van der Waals surface area contributed by atoms with Crippen LogP contribution >= 0.6 is 15.9 Å². The normalized spacial score (nSPS) is 13.4. The van der Waals surface area contributed by atoms with Crippen molar-refractivity contribution < 1.29 is 18.0 Å². The number of carbonyl (C=O) groups excluding carboxylic acids is 1. The summed E-state index contributed by atoms with van der Waals surface area (Å²) < 4.78 is 39.0. The third-order valence-corrected chi connectivity index (χ3v) is 3.75. The molecule has 0 aromatic heterocycles. The third-order valence-electron chi connectivity index (χ3n) is 3.25. The highest BCUT2D eigenvalue weighted by Crippen LogP contribution is 2.33. The maximum Gasteiger partial charge on any atom is 0.417 e. The number of rotatable bonds is 4. The van der Waals surface area contributed by atoms with Crippen LogP contribution < -0.4 is 5.32 Å². The molecule has 6 heteroatoms. The van der Waals surface area contributed by atoms with Gasteiger partial charge in [-0.1, -0.05) is 36.7 Å². The number of alkyl halides is 3. The molecule has 0 fully saturated rings. The molecule has 20 heavy (non-hydrogen) atoms. The van der Waals surface area contributed by atoms with Gasteiger partial charge in [0.2, 0.25) is 0 Å². The number of benzene rings is 1. The minimum Gasteiger partial charge on any atom is -0.352 e. The minimum atomic E-state index is -4.56. The van der Waals surface area contributed by atoms with Crippen molar-refractivity contribution in [2.24, 2.45) is 11.8 Å². The van der Waals surface area contributed by atoms with E-state index in [1.165, 1.54) is 12.1 Å². The molecule has 1 aromatic carbocycles. The number of hydrogen-bond acceptors (Lipinski definition) is 1. The minimum absolute atomic E-state index is 0.198. The first-order chi connectivity index (χ1) is 9.12. The van der Waals surface area contributed by atoms with Gasteiger partial charge in [-0.3, -0.25) is 4.79 Å². The Morgan fingerprint density at radius 2 is 1.90 bits per heavy atom. The van der Waals surface area contributed by atoms with Crippen molar-refractivity contribution in [3.05, 3.63) is 33.8 Å². The summed E-state index contributed by atoms with van der Waals surface area (Å²) in [6, 6.07) is 3.53. The van der Waals surface area contributed by atoms with Crippen LogP contribution in [0.1, 0.15) is 36.7 Å². The molecule has 0 radical (unpaired) electrons. The van der Waals surface area contributed by atoms with Gasteiger partial charge in [-0.05, 0) is 30.0 Å². The Morgan fingerprint density at radius 1 is 1.30 bits per heavy atom. The molecule has 1 N–H and O–H groups in total. The lowest BCUT2D eigenvalue weighted by Crippen LogP contribution is -2.31. The number of amides is 1. The smallest absolute Gasteiger partial charge is 0.352 e. The average molecular weight is 352 g/mol. The summed E-state index contributed by atoms with van der Waals surface area (Å²) >= 11 is 2.99. The van der Waals surface area contributed by atoms with Gasteiger partial charge in [0.15, 0.2) is 0 Å². The predicted octanol–water partition coefficient (Wildman–Crippen LogP) is 4.49. The second-order valence-electron chi connectivity index (χ2n) is 5.12. The molecule has 1 rings (SSSR count). The van der Waals surface area contributed by atoms with E-state index in [0.29, 0.717) is 12.5 Å². The highest BCUT2D eigenvalue weighted by Gasteiger charge is 2.35. The van der Waals surface area contributed by atoms with E-state index < -0.39 is 17.6 Å². The van der Waals surface area contributed by atoms with Crippen LogP contribution in [-0.4, -0.2) is 12.5 Å². The van der Waals surface area contributed by atoms with E-state index in [0.717, 1.165) is 6.07 Å². The van der Waals surface area contributed by atoms with Crippen molar-refractivity contribution in [2.75, 3.05) is 6.54 Å². The standard InChI is InChI=1S/C14H17BrF3NO/c1-8(2)9(3)7-19-13(20)11-5-4-10(15)6-12(11)14(16,17)18/h4-6,8-9H,7H2,1-3H3,(H,19,20). The maximum atomic E-state index is 12.9. The molecule has 1 unspecified atom stereocenters. The second kappa shape index (κ2) is 6.61. The van der Waals surface area contributed by atoms with Crippen LogP contribution in [0.3, 0.4) is 0 Å². The molecule has 0 spiro atoms. The van der Waals surface area contributed by atoms with Gasteiger partial charge in [0.25, 0.3) is 5.91 Å². The van der Waals surface area contributed by atoms with Gasteiger partial charge >= 0.3 is 6.18 Å². The molecule has 2 nitrogen and oxygen atoms in total. The summed E-state index contributed by atoms with van der Waals surface area (Å²) in [4.78, 5) is 11.9. The fraction of sp³-hybridized carbons (Fsp3) is 0.500. The van der Waals surface area contributed by atoms with E-state index in [-0.39, 0.29) is 16.0 Å². The van der Waals surface area contributed by atoms with Crippen LogP contribution in [0.25, 0.3) is 0 Å². The quantitative estimate of drug-likeness (QED) is 0.850. The van der Waals surface area contributed by atoms with E-state index in [9.17, 15) is 18.0 Å². The van der Waals surface area contributed by atoms with Crippen molar-refractivity contribution in [2.45, 2.75) is 26.9 Å². The topological polar surface area (TPSA) is 29.1 Å². The number of carbonyl (C=O) groups is 1. The van der Waals surface area contributed by atoms with Gasteiger partial charge in [-0.15, -0.1) is 0 Å². The largest absolute Gasteiger partial charge is 0.417 e. The fourth-order valence-corrected chi connectivity index (χ4v) is 1.89. The Labute approximate surface area is 124 Å². The van der Waals surface area contributed by atoms with Gasteiger partial charge in [0, 0.05) is 11.0 Å². The van der Waals surface area contributed by atoms with Crippen LogP contribution in [0.4, 0.5) is 13.2 Å². The molecule has 112 valence electrons.